The smallest absolute Gasteiger partial charge is 0.337 e. The number of nitrogens with zero attached hydrogens (tertiary/aromatic N) is 2. The van der Waals surface area contributed by atoms with E-state index in [9.17, 15) is 14.3 Å². The van der Waals surface area contributed by atoms with Crippen LogP contribution in [0, 0.1) is 5.82 Å². The Bertz CT molecular complexity index is 602. The summed E-state index contributed by atoms with van der Waals surface area (Å²) in [6, 6.07) is 7.56. The van der Waals surface area contributed by atoms with Crippen LogP contribution >= 0.6 is 0 Å². The number of benzene rings is 1. The minimum absolute atomic E-state index is 0.0269. The third-order valence-corrected chi connectivity index (χ3v) is 3.03. The van der Waals surface area contributed by atoms with Crippen molar-refractivity contribution >= 4 is 11.7 Å². The summed E-state index contributed by atoms with van der Waals surface area (Å²) >= 11 is 0. The van der Waals surface area contributed by atoms with Gasteiger partial charge in [-0.1, -0.05) is 0 Å². The number of carboxylic acids is 1. The first-order valence-electron chi connectivity index (χ1n) is 6.28. The number of carbonyl (C=O) groups is 1. The first kappa shape index (κ1) is 14.0. The second kappa shape index (κ2) is 6.14. The molecule has 2 rings (SSSR count). The highest BCUT2D eigenvalue weighted by atomic mass is 19.1. The Morgan fingerprint density at radius 1 is 1.30 bits per heavy atom. The van der Waals surface area contributed by atoms with Crippen molar-refractivity contribution in [1.29, 1.82) is 0 Å². The molecule has 0 amide bonds. The highest BCUT2D eigenvalue weighted by Crippen LogP contribution is 2.23. The van der Waals surface area contributed by atoms with Gasteiger partial charge in [-0.05, 0) is 42.8 Å². The van der Waals surface area contributed by atoms with Gasteiger partial charge in [0.25, 0.3) is 0 Å². The van der Waals surface area contributed by atoms with E-state index in [1.165, 1.54) is 12.1 Å². The molecule has 0 aliphatic rings. The number of anilines is 1. The average Bonchev–Trinajstić information content (AvgIpc) is 2.46. The van der Waals surface area contributed by atoms with Gasteiger partial charge < -0.3 is 10.0 Å². The molecule has 0 saturated carbocycles. The second-order valence-corrected chi connectivity index (χ2v) is 4.34. The number of hydrogen-bond acceptors (Lipinski definition) is 3. The van der Waals surface area contributed by atoms with Gasteiger partial charge in [0.1, 0.15) is 5.82 Å². The third-order valence-electron chi connectivity index (χ3n) is 3.03. The minimum atomic E-state index is -1.13. The van der Waals surface area contributed by atoms with E-state index in [1.807, 2.05) is 24.0 Å². The molecule has 0 aliphatic carbocycles. The molecule has 104 valence electrons. The molecular formula is C15H15FN2O2. The maximum Gasteiger partial charge on any atom is 0.337 e. The van der Waals surface area contributed by atoms with Crippen LogP contribution in [0.3, 0.4) is 0 Å². The number of hydrogen-bond donors (Lipinski definition) is 1. The van der Waals surface area contributed by atoms with Gasteiger partial charge in [0.05, 0.1) is 11.3 Å². The lowest BCUT2D eigenvalue weighted by molar-refractivity contribution is 0.0697. The fourth-order valence-electron chi connectivity index (χ4n) is 2.03. The normalized spacial score (nSPS) is 10.3. The van der Waals surface area contributed by atoms with Crippen molar-refractivity contribution in [3.63, 3.8) is 0 Å². The number of rotatable bonds is 5. The molecule has 0 spiro atoms. The molecule has 1 aromatic heterocycles. The molecule has 0 radical (unpaired) electrons. The summed E-state index contributed by atoms with van der Waals surface area (Å²) in [6.07, 6.45) is 3.37. The van der Waals surface area contributed by atoms with Gasteiger partial charge in [-0.3, -0.25) is 4.98 Å². The molecule has 0 fully saturated rings. The van der Waals surface area contributed by atoms with Crippen LogP contribution in [0.1, 0.15) is 22.8 Å². The molecule has 1 heterocycles. The predicted octanol–water partition coefficient (Wildman–Crippen LogP) is 2.95. The van der Waals surface area contributed by atoms with Gasteiger partial charge in [-0.2, -0.15) is 0 Å². The van der Waals surface area contributed by atoms with E-state index in [0.717, 1.165) is 11.6 Å². The number of aromatic nitrogens is 1. The molecular weight excluding hydrogens is 259 g/mol. The molecule has 0 unspecified atom stereocenters. The zero-order valence-electron chi connectivity index (χ0n) is 11.1. The summed E-state index contributed by atoms with van der Waals surface area (Å²) < 4.78 is 13.2. The van der Waals surface area contributed by atoms with Gasteiger partial charge in [-0.15, -0.1) is 0 Å². The lowest BCUT2D eigenvalue weighted by atomic mass is 10.1. The van der Waals surface area contributed by atoms with E-state index in [1.54, 1.807) is 12.4 Å². The van der Waals surface area contributed by atoms with Crippen LogP contribution in [0.25, 0.3) is 0 Å². The van der Waals surface area contributed by atoms with E-state index in [0.29, 0.717) is 18.8 Å². The largest absolute Gasteiger partial charge is 0.478 e. The maximum atomic E-state index is 13.2. The molecule has 0 saturated heterocycles. The summed E-state index contributed by atoms with van der Waals surface area (Å²) in [4.78, 5) is 17.1. The molecule has 1 aromatic carbocycles. The van der Waals surface area contributed by atoms with Gasteiger partial charge in [0, 0.05) is 25.5 Å². The average molecular weight is 274 g/mol. The van der Waals surface area contributed by atoms with Gasteiger partial charge in [-0.25, -0.2) is 9.18 Å². The molecule has 20 heavy (non-hydrogen) atoms. The summed E-state index contributed by atoms with van der Waals surface area (Å²) in [6.45, 7) is 3.09. The lowest BCUT2D eigenvalue weighted by Gasteiger charge is -2.24. The molecule has 2 aromatic rings. The molecule has 4 nitrogen and oxygen atoms in total. The van der Waals surface area contributed by atoms with Crippen LogP contribution in [0.4, 0.5) is 10.1 Å². The van der Waals surface area contributed by atoms with E-state index in [4.69, 9.17) is 0 Å². The highest BCUT2D eigenvalue weighted by Gasteiger charge is 2.16. The Morgan fingerprint density at radius 3 is 2.60 bits per heavy atom. The van der Waals surface area contributed by atoms with Crippen LogP contribution in [0.15, 0.2) is 42.7 Å². The minimum Gasteiger partial charge on any atom is -0.478 e. The fourth-order valence-corrected chi connectivity index (χ4v) is 2.03. The molecule has 0 atom stereocenters. The molecule has 0 bridgehead atoms. The zero-order valence-corrected chi connectivity index (χ0v) is 11.1. The summed E-state index contributed by atoms with van der Waals surface area (Å²) in [5.74, 6) is -1.68. The SMILES string of the molecule is CCN(Cc1ccncc1)c1ccc(F)cc1C(=O)O. The second-order valence-electron chi connectivity index (χ2n) is 4.34. The van der Waals surface area contributed by atoms with Crippen LogP contribution in [-0.2, 0) is 6.54 Å². The number of aromatic carboxylic acids is 1. The Kier molecular flexibility index (Phi) is 4.30. The zero-order chi connectivity index (χ0) is 14.5. The summed E-state index contributed by atoms with van der Waals surface area (Å²) in [5.41, 5.74) is 1.50. The first-order valence-corrected chi connectivity index (χ1v) is 6.28. The Morgan fingerprint density at radius 2 is 2.00 bits per heavy atom. The van der Waals surface area contributed by atoms with Gasteiger partial charge in [0.2, 0.25) is 0 Å². The quantitative estimate of drug-likeness (QED) is 0.910. The van der Waals surface area contributed by atoms with E-state index >= 15 is 0 Å². The monoisotopic (exact) mass is 274 g/mol. The number of carboxylic acid groups (broad SMARTS) is 1. The summed E-state index contributed by atoms with van der Waals surface area (Å²) in [7, 11) is 0. The van der Waals surface area contributed by atoms with Crippen LogP contribution in [0.2, 0.25) is 0 Å². The number of pyridine rings is 1. The highest BCUT2D eigenvalue weighted by molar-refractivity contribution is 5.94. The molecule has 5 heteroatoms. The Balaban J connectivity index is 2.34. The van der Waals surface area contributed by atoms with Crippen molar-refractivity contribution in [1.82, 2.24) is 4.98 Å². The van der Waals surface area contributed by atoms with Crippen molar-refractivity contribution in [3.8, 4) is 0 Å². The van der Waals surface area contributed by atoms with E-state index in [2.05, 4.69) is 4.98 Å². The lowest BCUT2D eigenvalue weighted by Crippen LogP contribution is -2.24. The Hall–Kier alpha value is -2.43. The van der Waals surface area contributed by atoms with E-state index in [-0.39, 0.29) is 5.56 Å². The van der Waals surface area contributed by atoms with Crippen molar-refractivity contribution in [2.45, 2.75) is 13.5 Å². The molecule has 1 N–H and O–H groups in total. The molecule has 0 aliphatic heterocycles. The predicted molar refractivity (Wildman–Crippen MR) is 74.3 cm³/mol. The Labute approximate surface area is 116 Å². The van der Waals surface area contributed by atoms with E-state index < -0.39 is 11.8 Å². The van der Waals surface area contributed by atoms with Crippen LogP contribution < -0.4 is 4.90 Å². The van der Waals surface area contributed by atoms with Crippen molar-refractivity contribution in [2.24, 2.45) is 0 Å². The van der Waals surface area contributed by atoms with Crippen molar-refractivity contribution in [2.75, 3.05) is 11.4 Å². The van der Waals surface area contributed by atoms with Gasteiger partial charge in [0.15, 0.2) is 0 Å². The topological polar surface area (TPSA) is 53.4 Å². The standard InChI is InChI=1S/C15H15FN2O2/c1-2-18(10-11-5-7-17-8-6-11)14-4-3-12(16)9-13(14)15(19)20/h3-9H,2,10H2,1H3,(H,19,20). The van der Waals surface area contributed by atoms with Crippen LogP contribution in [0.5, 0.6) is 0 Å². The van der Waals surface area contributed by atoms with Gasteiger partial charge >= 0.3 is 5.97 Å². The van der Waals surface area contributed by atoms with Crippen molar-refractivity contribution in [3.05, 3.63) is 59.7 Å². The number of halogens is 1. The third kappa shape index (κ3) is 3.12. The van der Waals surface area contributed by atoms with Crippen LogP contribution in [-0.4, -0.2) is 22.6 Å². The first-order chi connectivity index (χ1) is 9.61. The summed E-state index contributed by atoms with van der Waals surface area (Å²) in [5, 5.41) is 9.20. The fraction of sp³-hybridized carbons (Fsp3) is 0.200. The maximum absolute atomic E-state index is 13.2. The van der Waals surface area contributed by atoms with Crippen molar-refractivity contribution < 1.29 is 14.3 Å².